The van der Waals surface area contributed by atoms with E-state index in [-0.39, 0.29) is 23.9 Å². The van der Waals surface area contributed by atoms with Crippen LogP contribution in [0.2, 0.25) is 0 Å². The smallest absolute Gasteiger partial charge is 0.251 e. The number of carbonyl (C=O) groups is 1. The Morgan fingerprint density at radius 3 is 2.36 bits per heavy atom. The van der Waals surface area contributed by atoms with Crippen LogP contribution < -0.4 is 15.8 Å². The SMILES string of the molecule is CCC(N)(CC)CNC(=O)c1ccc(OCC2CC2)cc1.Cl. The zero-order chi connectivity index (χ0) is 15.3. The summed E-state index contributed by atoms with van der Waals surface area (Å²) in [6.07, 6.45) is 4.24. The summed E-state index contributed by atoms with van der Waals surface area (Å²) in [6, 6.07) is 7.31. The number of carbonyl (C=O) groups excluding carboxylic acids is 1. The molecule has 1 amide bonds. The average molecular weight is 327 g/mol. The highest BCUT2D eigenvalue weighted by molar-refractivity contribution is 5.94. The van der Waals surface area contributed by atoms with Gasteiger partial charge in [0.1, 0.15) is 5.75 Å². The Kier molecular flexibility index (Phi) is 7.17. The summed E-state index contributed by atoms with van der Waals surface area (Å²) in [5.74, 6) is 1.47. The first-order chi connectivity index (χ1) is 10.1. The Balaban J connectivity index is 0.00000242. The van der Waals surface area contributed by atoms with Crippen molar-refractivity contribution in [2.75, 3.05) is 13.2 Å². The maximum atomic E-state index is 12.1. The minimum absolute atomic E-state index is 0. The highest BCUT2D eigenvalue weighted by Gasteiger charge is 2.22. The molecule has 22 heavy (non-hydrogen) atoms. The van der Waals surface area contributed by atoms with Crippen molar-refractivity contribution in [2.24, 2.45) is 11.7 Å². The van der Waals surface area contributed by atoms with Crippen molar-refractivity contribution in [2.45, 2.75) is 45.1 Å². The van der Waals surface area contributed by atoms with E-state index in [1.165, 1.54) is 12.8 Å². The molecule has 1 fully saturated rings. The Bertz CT molecular complexity index is 468. The van der Waals surface area contributed by atoms with Crippen LogP contribution in [0.25, 0.3) is 0 Å². The van der Waals surface area contributed by atoms with Crippen molar-refractivity contribution in [3.8, 4) is 5.75 Å². The van der Waals surface area contributed by atoms with Gasteiger partial charge in [-0.2, -0.15) is 0 Å². The standard InChI is InChI=1S/C17H26N2O2.ClH/c1-3-17(18,4-2)12-19-16(20)14-7-9-15(10-8-14)21-11-13-5-6-13;/h7-10,13H,3-6,11-12,18H2,1-2H3,(H,19,20);1H. The van der Waals surface area contributed by atoms with Crippen molar-refractivity contribution in [3.05, 3.63) is 29.8 Å². The van der Waals surface area contributed by atoms with E-state index in [9.17, 15) is 4.79 Å². The van der Waals surface area contributed by atoms with Crippen molar-refractivity contribution < 1.29 is 9.53 Å². The molecule has 5 heteroatoms. The van der Waals surface area contributed by atoms with Gasteiger partial charge in [-0.3, -0.25) is 4.79 Å². The van der Waals surface area contributed by atoms with Gasteiger partial charge >= 0.3 is 0 Å². The van der Waals surface area contributed by atoms with Gasteiger partial charge in [-0.15, -0.1) is 12.4 Å². The van der Waals surface area contributed by atoms with Crippen molar-refractivity contribution in [3.63, 3.8) is 0 Å². The van der Waals surface area contributed by atoms with Crippen LogP contribution in [-0.4, -0.2) is 24.6 Å². The van der Waals surface area contributed by atoms with Gasteiger partial charge in [-0.25, -0.2) is 0 Å². The second-order valence-corrected chi connectivity index (χ2v) is 6.03. The highest BCUT2D eigenvalue weighted by atomic mass is 35.5. The predicted octanol–water partition coefficient (Wildman–Crippen LogP) is 3.14. The lowest BCUT2D eigenvalue weighted by atomic mass is 9.94. The summed E-state index contributed by atoms with van der Waals surface area (Å²) in [7, 11) is 0. The van der Waals surface area contributed by atoms with Crippen molar-refractivity contribution in [1.29, 1.82) is 0 Å². The second-order valence-electron chi connectivity index (χ2n) is 6.03. The van der Waals surface area contributed by atoms with Gasteiger partial charge < -0.3 is 15.8 Å². The summed E-state index contributed by atoms with van der Waals surface area (Å²) >= 11 is 0. The number of hydrogen-bond donors (Lipinski definition) is 2. The fraction of sp³-hybridized carbons (Fsp3) is 0.588. The predicted molar refractivity (Wildman–Crippen MR) is 91.7 cm³/mol. The molecule has 1 saturated carbocycles. The number of nitrogens with two attached hydrogens (primary N) is 1. The molecule has 0 unspecified atom stereocenters. The lowest BCUT2D eigenvalue weighted by Crippen LogP contribution is -2.49. The third-order valence-electron chi connectivity index (χ3n) is 4.31. The molecule has 1 aliphatic rings. The van der Waals surface area contributed by atoms with Gasteiger partial charge in [0.15, 0.2) is 0 Å². The molecule has 2 rings (SSSR count). The lowest BCUT2D eigenvalue weighted by molar-refractivity contribution is 0.0942. The Labute approximate surface area is 139 Å². The molecule has 0 aliphatic heterocycles. The third kappa shape index (κ3) is 5.50. The van der Waals surface area contributed by atoms with E-state index in [0.29, 0.717) is 12.1 Å². The minimum Gasteiger partial charge on any atom is -0.493 e. The Hall–Kier alpha value is -1.26. The normalized spacial score (nSPS) is 14.1. The molecule has 3 N–H and O–H groups in total. The number of hydrogen-bond acceptors (Lipinski definition) is 3. The fourth-order valence-corrected chi connectivity index (χ4v) is 2.06. The minimum atomic E-state index is -0.316. The first-order valence-electron chi connectivity index (χ1n) is 7.86. The summed E-state index contributed by atoms with van der Waals surface area (Å²) in [5, 5.41) is 2.92. The van der Waals surface area contributed by atoms with Crippen LogP contribution in [0, 0.1) is 5.92 Å². The average Bonchev–Trinajstić information content (AvgIpc) is 3.35. The Morgan fingerprint density at radius 2 is 1.86 bits per heavy atom. The van der Waals surface area contributed by atoms with Gasteiger partial charge in [-0.05, 0) is 55.9 Å². The molecule has 0 heterocycles. The van der Waals surface area contributed by atoms with Crippen LogP contribution in [0.3, 0.4) is 0 Å². The van der Waals surface area contributed by atoms with Crippen LogP contribution in [-0.2, 0) is 0 Å². The number of amides is 1. The summed E-state index contributed by atoms with van der Waals surface area (Å²) < 4.78 is 5.66. The first kappa shape index (κ1) is 18.8. The van der Waals surface area contributed by atoms with Crippen LogP contribution in [0.1, 0.15) is 49.9 Å². The highest BCUT2D eigenvalue weighted by Crippen LogP contribution is 2.29. The van der Waals surface area contributed by atoms with Crippen molar-refractivity contribution in [1.82, 2.24) is 5.32 Å². The molecule has 0 radical (unpaired) electrons. The molecule has 0 bridgehead atoms. The molecule has 1 aliphatic carbocycles. The molecule has 0 spiro atoms. The van der Waals surface area contributed by atoms with E-state index in [2.05, 4.69) is 5.32 Å². The van der Waals surface area contributed by atoms with Crippen LogP contribution in [0.15, 0.2) is 24.3 Å². The summed E-state index contributed by atoms with van der Waals surface area (Å²) in [6.45, 7) is 5.37. The van der Waals surface area contributed by atoms with Crippen LogP contribution in [0.5, 0.6) is 5.75 Å². The van der Waals surface area contributed by atoms with Crippen LogP contribution in [0.4, 0.5) is 0 Å². The zero-order valence-corrected chi connectivity index (χ0v) is 14.2. The van der Waals surface area contributed by atoms with Crippen LogP contribution >= 0.6 is 12.4 Å². The molecule has 1 aromatic carbocycles. The quantitative estimate of drug-likeness (QED) is 0.771. The molecular formula is C17H27ClN2O2. The maximum Gasteiger partial charge on any atom is 0.251 e. The second kappa shape index (κ2) is 8.39. The monoisotopic (exact) mass is 326 g/mol. The third-order valence-corrected chi connectivity index (χ3v) is 4.31. The molecule has 0 saturated heterocycles. The maximum absolute atomic E-state index is 12.1. The number of halogens is 1. The van der Waals surface area contributed by atoms with E-state index in [1.54, 1.807) is 12.1 Å². The van der Waals surface area contributed by atoms with E-state index in [1.807, 2.05) is 26.0 Å². The number of benzene rings is 1. The zero-order valence-electron chi connectivity index (χ0n) is 13.4. The number of ether oxygens (including phenoxy) is 1. The van der Waals surface area contributed by atoms with E-state index in [4.69, 9.17) is 10.5 Å². The van der Waals surface area contributed by atoms with Gasteiger partial charge in [0, 0.05) is 17.6 Å². The van der Waals surface area contributed by atoms with Gasteiger partial charge in [0.05, 0.1) is 6.61 Å². The summed E-state index contributed by atoms with van der Waals surface area (Å²) in [5.41, 5.74) is 6.51. The largest absolute Gasteiger partial charge is 0.493 e. The van der Waals surface area contributed by atoms with Crippen molar-refractivity contribution >= 4 is 18.3 Å². The van der Waals surface area contributed by atoms with E-state index >= 15 is 0 Å². The topological polar surface area (TPSA) is 64.3 Å². The summed E-state index contributed by atoms with van der Waals surface area (Å²) in [4.78, 5) is 12.1. The van der Waals surface area contributed by atoms with E-state index < -0.39 is 0 Å². The van der Waals surface area contributed by atoms with Gasteiger partial charge in [0.25, 0.3) is 5.91 Å². The number of nitrogens with one attached hydrogen (secondary N) is 1. The van der Waals surface area contributed by atoms with Gasteiger partial charge in [-0.1, -0.05) is 13.8 Å². The molecule has 4 nitrogen and oxygen atoms in total. The molecule has 124 valence electrons. The fourth-order valence-electron chi connectivity index (χ4n) is 2.06. The lowest BCUT2D eigenvalue weighted by Gasteiger charge is -2.26. The molecule has 1 aromatic rings. The van der Waals surface area contributed by atoms with E-state index in [0.717, 1.165) is 31.1 Å². The first-order valence-corrected chi connectivity index (χ1v) is 7.86. The molecule has 0 atom stereocenters. The van der Waals surface area contributed by atoms with Gasteiger partial charge in [0.2, 0.25) is 0 Å². The molecular weight excluding hydrogens is 300 g/mol. The number of rotatable bonds is 8. The molecule has 0 aromatic heterocycles. The Morgan fingerprint density at radius 1 is 1.27 bits per heavy atom.